The standard InChI is InChI=1S/C23H21ClF2O3/c1-14(27)22(29-13-15-7-4-3-5-8-15)18-12-16(25)11-17(23(18)28-2)21-19(24)9-6-10-20(21)26/h3-12,14,22,27H,13H2,1-2H3. The maximum absolute atomic E-state index is 14.5. The molecule has 3 aromatic carbocycles. The molecule has 3 rings (SSSR count). The molecule has 0 fully saturated rings. The van der Waals surface area contributed by atoms with Crippen molar-refractivity contribution in [1.29, 1.82) is 0 Å². The number of methoxy groups -OCH3 is 1. The number of benzene rings is 3. The van der Waals surface area contributed by atoms with Gasteiger partial charge < -0.3 is 14.6 Å². The summed E-state index contributed by atoms with van der Waals surface area (Å²) in [6.45, 7) is 1.74. The van der Waals surface area contributed by atoms with E-state index in [0.29, 0.717) is 0 Å². The predicted octanol–water partition coefficient (Wildman–Crippen LogP) is 5.93. The first kappa shape index (κ1) is 21.2. The second kappa shape index (κ2) is 9.35. The summed E-state index contributed by atoms with van der Waals surface area (Å²) in [5.74, 6) is -1.03. The lowest BCUT2D eigenvalue weighted by molar-refractivity contribution is -0.0412. The van der Waals surface area contributed by atoms with Gasteiger partial charge in [-0.2, -0.15) is 0 Å². The fourth-order valence-electron chi connectivity index (χ4n) is 3.24. The lowest BCUT2D eigenvalue weighted by atomic mass is 9.96. The Balaban J connectivity index is 2.08. The van der Waals surface area contributed by atoms with E-state index in [4.69, 9.17) is 21.1 Å². The van der Waals surface area contributed by atoms with Crippen LogP contribution in [0.15, 0.2) is 60.7 Å². The lowest BCUT2D eigenvalue weighted by Gasteiger charge is -2.25. The van der Waals surface area contributed by atoms with Crippen LogP contribution in [-0.2, 0) is 11.3 Å². The van der Waals surface area contributed by atoms with Gasteiger partial charge in [-0.3, -0.25) is 0 Å². The zero-order valence-electron chi connectivity index (χ0n) is 16.0. The first-order valence-electron chi connectivity index (χ1n) is 9.07. The molecule has 0 aliphatic rings. The Kier molecular flexibility index (Phi) is 6.85. The van der Waals surface area contributed by atoms with Gasteiger partial charge in [-0.1, -0.05) is 48.0 Å². The van der Waals surface area contributed by atoms with Gasteiger partial charge in [0.25, 0.3) is 0 Å². The van der Waals surface area contributed by atoms with E-state index in [0.717, 1.165) is 11.6 Å². The van der Waals surface area contributed by atoms with E-state index in [-0.39, 0.29) is 34.1 Å². The van der Waals surface area contributed by atoms with E-state index in [9.17, 15) is 13.9 Å². The first-order valence-corrected chi connectivity index (χ1v) is 9.45. The number of aliphatic hydroxyl groups is 1. The number of rotatable bonds is 7. The van der Waals surface area contributed by atoms with Crippen molar-refractivity contribution in [1.82, 2.24) is 0 Å². The van der Waals surface area contributed by atoms with Crippen LogP contribution in [0, 0.1) is 11.6 Å². The van der Waals surface area contributed by atoms with Gasteiger partial charge in [0, 0.05) is 16.7 Å². The van der Waals surface area contributed by atoms with Gasteiger partial charge in [0.15, 0.2) is 0 Å². The van der Waals surface area contributed by atoms with E-state index >= 15 is 0 Å². The van der Waals surface area contributed by atoms with Gasteiger partial charge in [-0.15, -0.1) is 0 Å². The van der Waals surface area contributed by atoms with Crippen LogP contribution in [0.3, 0.4) is 0 Å². The molecule has 152 valence electrons. The highest BCUT2D eigenvalue weighted by molar-refractivity contribution is 6.33. The highest BCUT2D eigenvalue weighted by Crippen LogP contribution is 2.42. The Morgan fingerprint density at radius 2 is 1.76 bits per heavy atom. The van der Waals surface area contributed by atoms with Gasteiger partial charge in [0.05, 0.1) is 24.8 Å². The SMILES string of the molecule is COc1c(-c2c(F)cccc2Cl)cc(F)cc1C(OCc1ccccc1)C(C)O. The summed E-state index contributed by atoms with van der Waals surface area (Å²) >= 11 is 6.18. The summed E-state index contributed by atoms with van der Waals surface area (Å²) < 4.78 is 40.4. The minimum absolute atomic E-state index is 0.0270. The topological polar surface area (TPSA) is 38.7 Å². The molecule has 0 aromatic heterocycles. The van der Waals surface area contributed by atoms with Crippen LogP contribution in [0.1, 0.15) is 24.2 Å². The van der Waals surface area contributed by atoms with Crippen molar-refractivity contribution in [3.63, 3.8) is 0 Å². The van der Waals surface area contributed by atoms with Crippen molar-refractivity contribution < 1.29 is 23.4 Å². The van der Waals surface area contributed by atoms with E-state index in [1.54, 1.807) is 0 Å². The van der Waals surface area contributed by atoms with Gasteiger partial charge >= 0.3 is 0 Å². The highest BCUT2D eigenvalue weighted by Gasteiger charge is 2.27. The normalized spacial score (nSPS) is 13.2. The van der Waals surface area contributed by atoms with Gasteiger partial charge in [0.1, 0.15) is 23.5 Å². The Hall–Kier alpha value is -2.47. The molecular formula is C23H21ClF2O3. The first-order chi connectivity index (χ1) is 13.9. The van der Waals surface area contributed by atoms with Crippen molar-refractivity contribution in [3.8, 4) is 16.9 Å². The van der Waals surface area contributed by atoms with Gasteiger partial charge in [0.2, 0.25) is 0 Å². The Morgan fingerprint density at radius 1 is 1.03 bits per heavy atom. The van der Waals surface area contributed by atoms with Gasteiger partial charge in [-0.05, 0) is 36.8 Å². The third-order valence-corrected chi connectivity index (χ3v) is 4.85. The van der Waals surface area contributed by atoms with Gasteiger partial charge in [-0.25, -0.2) is 8.78 Å². The molecule has 0 amide bonds. The molecule has 6 heteroatoms. The largest absolute Gasteiger partial charge is 0.496 e. The fourth-order valence-corrected chi connectivity index (χ4v) is 3.51. The zero-order valence-corrected chi connectivity index (χ0v) is 16.8. The third kappa shape index (κ3) is 4.75. The molecule has 29 heavy (non-hydrogen) atoms. The average Bonchev–Trinajstić information content (AvgIpc) is 2.68. The molecule has 0 saturated heterocycles. The summed E-state index contributed by atoms with van der Waals surface area (Å²) in [6, 6.07) is 16.0. The molecule has 0 aliphatic heterocycles. The summed E-state index contributed by atoms with van der Waals surface area (Å²) in [7, 11) is 1.39. The predicted molar refractivity (Wildman–Crippen MR) is 109 cm³/mol. The van der Waals surface area contributed by atoms with Crippen LogP contribution in [-0.4, -0.2) is 18.3 Å². The molecule has 0 spiro atoms. The fraction of sp³-hybridized carbons (Fsp3) is 0.217. The molecule has 2 atom stereocenters. The van der Waals surface area contributed by atoms with Crippen molar-refractivity contribution >= 4 is 11.6 Å². The Labute approximate surface area is 173 Å². The average molecular weight is 419 g/mol. The molecule has 0 heterocycles. The van der Waals surface area contributed by atoms with E-state index < -0.39 is 23.8 Å². The van der Waals surface area contributed by atoms with Crippen LogP contribution in [0.4, 0.5) is 8.78 Å². The number of hydrogen-bond donors (Lipinski definition) is 1. The molecule has 0 aliphatic carbocycles. The van der Waals surface area contributed by atoms with Crippen molar-refractivity contribution in [3.05, 3.63) is 88.4 Å². The van der Waals surface area contributed by atoms with E-state index in [1.807, 2.05) is 30.3 Å². The smallest absolute Gasteiger partial charge is 0.132 e. The van der Waals surface area contributed by atoms with E-state index in [2.05, 4.69) is 0 Å². The molecule has 3 aromatic rings. The van der Waals surface area contributed by atoms with Crippen molar-refractivity contribution in [2.45, 2.75) is 25.7 Å². The monoisotopic (exact) mass is 418 g/mol. The molecule has 0 bridgehead atoms. The maximum atomic E-state index is 14.5. The van der Waals surface area contributed by atoms with Crippen LogP contribution in [0.2, 0.25) is 5.02 Å². The number of halogens is 3. The Bertz CT molecular complexity index is 957. The minimum Gasteiger partial charge on any atom is -0.496 e. The zero-order chi connectivity index (χ0) is 21.0. The van der Waals surface area contributed by atoms with Crippen LogP contribution in [0.25, 0.3) is 11.1 Å². The summed E-state index contributed by atoms with van der Waals surface area (Å²) in [5.41, 5.74) is 1.34. The number of hydrogen-bond acceptors (Lipinski definition) is 3. The van der Waals surface area contributed by atoms with Crippen molar-refractivity contribution in [2.24, 2.45) is 0 Å². The second-order valence-corrected chi connectivity index (χ2v) is 7.04. The third-order valence-electron chi connectivity index (χ3n) is 4.54. The van der Waals surface area contributed by atoms with Crippen molar-refractivity contribution in [2.75, 3.05) is 7.11 Å². The highest BCUT2D eigenvalue weighted by atomic mass is 35.5. The summed E-state index contributed by atoms with van der Waals surface area (Å²) in [4.78, 5) is 0. The molecule has 0 radical (unpaired) electrons. The molecule has 0 saturated carbocycles. The molecule has 3 nitrogen and oxygen atoms in total. The minimum atomic E-state index is -0.974. The lowest BCUT2D eigenvalue weighted by Crippen LogP contribution is -2.19. The van der Waals surface area contributed by atoms with E-state index in [1.165, 1.54) is 38.3 Å². The Morgan fingerprint density at radius 3 is 2.38 bits per heavy atom. The summed E-state index contributed by atoms with van der Waals surface area (Å²) in [6.07, 6.45) is -1.87. The van der Waals surface area contributed by atoms with Crippen LogP contribution in [0.5, 0.6) is 5.75 Å². The quantitative estimate of drug-likeness (QED) is 0.516. The molecular weight excluding hydrogens is 398 g/mol. The number of aliphatic hydroxyl groups excluding tert-OH is 1. The second-order valence-electron chi connectivity index (χ2n) is 6.63. The van der Waals surface area contributed by atoms with Crippen LogP contribution < -0.4 is 4.74 Å². The maximum Gasteiger partial charge on any atom is 0.132 e. The summed E-state index contributed by atoms with van der Waals surface area (Å²) in [5, 5.41) is 10.4. The van der Waals surface area contributed by atoms with Crippen LogP contribution >= 0.6 is 11.6 Å². The number of ether oxygens (including phenoxy) is 2. The molecule has 1 N–H and O–H groups in total. The molecule has 2 unspecified atom stereocenters.